The predicted octanol–water partition coefficient (Wildman–Crippen LogP) is 3.15. The third kappa shape index (κ3) is 4.38. The van der Waals surface area contributed by atoms with Crippen LogP contribution in [0.5, 0.6) is 0 Å². The van der Waals surface area contributed by atoms with Gasteiger partial charge in [-0.05, 0) is 5.56 Å². The van der Waals surface area contributed by atoms with E-state index in [1.807, 2.05) is 43.3 Å². The second kappa shape index (κ2) is 8.00. The Morgan fingerprint density at radius 3 is 2.52 bits per heavy atom. The van der Waals surface area contributed by atoms with Gasteiger partial charge in [0.15, 0.2) is 0 Å². The summed E-state index contributed by atoms with van der Waals surface area (Å²) in [4.78, 5) is 13.7. The standard InChI is InChI=1S/C19H18NO2.Y/c1-14-7-9-16(10-8-14)17-12-20(13-18(17)19(21)22)11-15-5-3-2-4-6-15;/h2-7,9-10H,11-13H2,1H3,(H,21,22);/q-1;. The van der Waals surface area contributed by atoms with Crippen LogP contribution in [0.15, 0.2) is 54.1 Å². The normalized spacial score (nSPS) is 14.7. The van der Waals surface area contributed by atoms with Crippen LogP contribution in [0.4, 0.5) is 0 Å². The van der Waals surface area contributed by atoms with E-state index in [0.717, 1.165) is 23.2 Å². The molecular weight excluding hydrogens is 363 g/mol. The van der Waals surface area contributed by atoms with Gasteiger partial charge >= 0.3 is 5.97 Å². The number of aliphatic carboxylic acids is 1. The average molecular weight is 381 g/mol. The molecule has 3 nitrogen and oxygen atoms in total. The molecule has 1 aliphatic rings. The summed E-state index contributed by atoms with van der Waals surface area (Å²) in [6.07, 6.45) is 0. The molecule has 1 heterocycles. The second-order valence-electron chi connectivity index (χ2n) is 5.65. The Hall–Kier alpha value is -1.29. The maximum atomic E-state index is 11.6. The molecule has 2 aromatic rings. The Morgan fingerprint density at radius 2 is 1.91 bits per heavy atom. The quantitative estimate of drug-likeness (QED) is 0.828. The number of benzene rings is 2. The zero-order valence-electron chi connectivity index (χ0n) is 13.1. The molecule has 2 aromatic carbocycles. The Labute approximate surface area is 161 Å². The van der Waals surface area contributed by atoms with Crippen LogP contribution in [0.1, 0.15) is 16.7 Å². The number of carboxylic acids is 1. The Morgan fingerprint density at radius 1 is 1.17 bits per heavy atom. The van der Waals surface area contributed by atoms with E-state index in [-0.39, 0.29) is 32.7 Å². The molecule has 1 radical (unpaired) electrons. The van der Waals surface area contributed by atoms with Gasteiger partial charge < -0.3 is 5.11 Å². The van der Waals surface area contributed by atoms with Crippen molar-refractivity contribution < 1.29 is 42.6 Å². The van der Waals surface area contributed by atoms with E-state index in [9.17, 15) is 9.90 Å². The van der Waals surface area contributed by atoms with Crippen LogP contribution in [0.3, 0.4) is 0 Å². The maximum Gasteiger partial charge on any atom is 0.332 e. The molecular formula is C19H18NO2Y-. The third-order valence-corrected chi connectivity index (χ3v) is 3.95. The van der Waals surface area contributed by atoms with Gasteiger partial charge in [-0.25, -0.2) is 4.79 Å². The minimum Gasteiger partial charge on any atom is -0.478 e. The largest absolute Gasteiger partial charge is 0.478 e. The van der Waals surface area contributed by atoms with Crippen LogP contribution in [0.25, 0.3) is 5.57 Å². The van der Waals surface area contributed by atoms with Crippen LogP contribution in [0.2, 0.25) is 0 Å². The smallest absolute Gasteiger partial charge is 0.332 e. The fourth-order valence-corrected chi connectivity index (χ4v) is 2.80. The summed E-state index contributed by atoms with van der Waals surface area (Å²) in [5.41, 5.74) is 4.61. The first kappa shape index (κ1) is 18.1. The van der Waals surface area contributed by atoms with Crippen molar-refractivity contribution in [3.63, 3.8) is 0 Å². The minimum atomic E-state index is -0.828. The van der Waals surface area contributed by atoms with Crippen molar-refractivity contribution in [2.75, 3.05) is 13.1 Å². The van der Waals surface area contributed by atoms with Gasteiger partial charge in [-0.15, -0.1) is 5.56 Å². The summed E-state index contributed by atoms with van der Waals surface area (Å²) in [6, 6.07) is 19.1. The first-order valence-electron chi connectivity index (χ1n) is 7.34. The minimum absolute atomic E-state index is 0. The monoisotopic (exact) mass is 381 g/mol. The van der Waals surface area contributed by atoms with Gasteiger partial charge in [0.1, 0.15) is 0 Å². The van der Waals surface area contributed by atoms with Crippen molar-refractivity contribution in [3.8, 4) is 0 Å². The van der Waals surface area contributed by atoms with Crippen molar-refractivity contribution in [1.29, 1.82) is 0 Å². The first-order chi connectivity index (χ1) is 10.6. The Kier molecular flexibility index (Phi) is 6.28. The van der Waals surface area contributed by atoms with Gasteiger partial charge in [-0.3, -0.25) is 4.90 Å². The number of rotatable bonds is 4. The first-order valence-corrected chi connectivity index (χ1v) is 7.34. The van der Waals surface area contributed by atoms with Gasteiger partial charge in [-0.2, -0.15) is 29.8 Å². The second-order valence-corrected chi connectivity index (χ2v) is 5.65. The van der Waals surface area contributed by atoms with Crippen LogP contribution in [0, 0.1) is 13.0 Å². The number of nitrogens with zero attached hydrogens (tertiary/aromatic N) is 1. The average Bonchev–Trinajstić information content (AvgIpc) is 2.93. The molecule has 0 amide bonds. The molecule has 0 unspecified atom stereocenters. The van der Waals surface area contributed by atoms with E-state index in [1.165, 1.54) is 5.56 Å². The molecule has 115 valence electrons. The summed E-state index contributed by atoms with van der Waals surface area (Å²) >= 11 is 0. The summed E-state index contributed by atoms with van der Waals surface area (Å²) in [5.74, 6) is -0.828. The molecule has 1 aliphatic heterocycles. The molecule has 0 aliphatic carbocycles. The molecule has 3 rings (SSSR count). The van der Waals surface area contributed by atoms with Gasteiger partial charge in [0.05, 0.1) is 0 Å². The van der Waals surface area contributed by atoms with Crippen molar-refractivity contribution >= 4 is 11.5 Å². The van der Waals surface area contributed by atoms with E-state index in [2.05, 4.69) is 23.1 Å². The molecule has 0 aromatic heterocycles. The number of hydrogen-bond acceptors (Lipinski definition) is 2. The van der Waals surface area contributed by atoms with E-state index in [1.54, 1.807) is 0 Å². The van der Waals surface area contributed by atoms with Crippen LogP contribution < -0.4 is 0 Å². The Bertz CT molecular complexity index is 708. The van der Waals surface area contributed by atoms with Gasteiger partial charge in [0.25, 0.3) is 0 Å². The van der Waals surface area contributed by atoms with Crippen LogP contribution in [-0.4, -0.2) is 29.1 Å². The van der Waals surface area contributed by atoms with Crippen molar-refractivity contribution in [3.05, 3.63) is 76.9 Å². The molecule has 23 heavy (non-hydrogen) atoms. The van der Waals surface area contributed by atoms with Gasteiger partial charge in [0.2, 0.25) is 0 Å². The number of aryl methyl sites for hydroxylation is 1. The fraction of sp³-hybridized carbons (Fsp3) is 0.211. The predicted molar refractivity (Wildman–Crippen MR) is 86.3 cm³/mol. The molecule has 1 N–H and O–H groups in total. The van der Waals surface area contributed by atoms with Crippen molar-refractivity contribution in [2.45, 2.75) is 13.5 Å². The van der Waals surface area contributed by atoms with Crippen molar-refractivity contribution in [2.24, 2.45) is 0 Å². The number of carboxylic acid groups (broad SMARTS) is 1. The van der Waals surface area contributed by atoms with Crippen LogP contribution in [-0.2, 0) is 44.0 Å². The van der Waals surface area contributed by atoms with Gasteiger partial charge in [0, 0.05) is 57.9 Å². The molecule has 0 saturated carbocycles. The van der Waals surface area contributed by atoms with Crippen molar-refractivity contribution in [1.82, 2.24) is 4.90 Å². The molecule has 4 heteroatoms. The number of hydrogen-bond donors (Lipinski definition) is 1. The SMILES string of the molecule is Cc1[c-]cc(C2=C(C(=O)O)CN(Cc3ccccc3)C2)cc1.[Y]. The molecule has 0 spiro atoms. The molecule has 0 fully saturated rings. The van der Waals surface area contributed by atoms with E-state index in [4.69, 9.17) is 0 Å². The summed E-state index contributed by atoms with van der Waals surface area (Å²) in [5, 5.41) is 9.49. The Balaban J connectivity index is 0.00000192. The molecule has 0 bridgehead atoms. The van der Waals surface area contributed by atoms with E-state index >= 15 is 0 Å². The zero-order valence-corrected chi connectivity index (χ0v) is 16.0. The topological polar surface area (TPSA) is 40.5 Å². The molecule has 0 atom stereocenters. The summed E-state index contributed by atoms with van der Waals surface area (Å²) < 4.78 is 0. The third-order valence-electron chi connectivity index (χ3n) is 3.95. The number of carbonyl (C=O) groups is 1. The van der Waals surface area contributed by atoms with E-state index < -0.39 is 5.97 Å². The zero-order chi connectivity index (χ0) is 15.5. The van der Waals surface area contributed by atoms with E-state index in [0.29, 0.717) is 18.7 Å². The maximum absolute atomic E-state index is 11.6. The molecule has 0 saturated heterocycles. The summed E-state index contributed by atoms with van der Waals surface area (Å²) in [7, 11) is 0. The summed E-state index contributed by atoms with van der Waals surface area (Å²) in [6.45, 7) is 3.88. The van der Waals surface area contributed by atoms with Crippen LogP contribution >= 0.6 is 0 Å². The van der Waals surface area contributed by atoms with Gasteiger partial charge in [-0.1, -0.05) is 42.8 Å². The fourth-order valence-electron chi connectivity index (χ4n) is 2.80.